The van der Waals surface area contributed by atoms with Gasteiger partial charge in [-0.25, -0.2) is 9.97 Å². The molecular weight excluding hydrogens is 204 g/mol. The topological polar surface area (TPSA) is 50.3 Å². The Morgan fingerprint density at radius 1 is 1.56 bits per heavy atom. The minimum Gasteiger partial charge on any atom is -0.481 e. The molecule has 2 rings (SSSR count). The average molecular weight is 222 g/mol. The first-order valence-electron chi connectivity index (χ1n) is 5.57. The van der Waals surface area contributed by atoms with Crippen molar-refractivity contribution >= 4 is 5.82 Å². The van der Waals surface area contributed by atoms with Crippen molar-refractivity contribution in [2.75, 3.05) is 38.7 Å². The van der Waals surface area contributed by atoms with Crippen molar-refractivity contribution in [2.45, 2.75) is 6.42 Å². The number of ether oxygens (including phenoxy) is 1. The Balaban J connectivity index is 1.98. The van der Waals surface area contributed by atoms with Crippen LogP contribution < -0.4 is 15.0 Å². The minimum absolute atomic E-state index is 0.612. The number of hydrogen-bond donors (Lipinski definition) is 1. The average Bonchev–Trinajstić information content (AvgIpc) is 2.82. The zero-order valence-electron chi connectivity index (χ0n) is 9.81. The van der Waals surface area contributed by atoms with E-state index in [-0.39, 0.29) is 0 Å². The van der Waals surface area contributed by atoms with E-state index in [1.54, 1.807) is 7.11 Å². The summed E-state index contributed by atoms with van der Waals surface area (Å²) in [6.07, 6.45) is 2.78. The molecule has 1 aromatic heterocycles. The van der Waals surface area contributed by atoms with Gasteiger partial charge in [0.1, 0.15) is 12.1 Å². The second-order valence-electron chi connectivity index (χ2n) is 4.16. The predicted molar refractivity (Wildman–Crippen MR) is 62.8 cm³/mol. The molecule has 1 fully saturated rings. The summed E-state index contributed by atoms with van der Waals surface area (Å²) >= 11 is 0. The lowest BCUT2D eigenvalue weighted by atomic mass is 10.1. The molecule has 1 saturated heterocycles. The first-order chi connectivity index (χ1) is 7.79. The Hall–Kier alpha value is -1.36. The molecule has 1 N–H and O–H groups in total. The van der Waals surface area contributed by atoms with Crippen molar-refractivity contribution in [3.63, 3.8) is 0 Å². The third kappa shape index (κ3) is 2.61. The molecule has 2 heterocycles. The molecule has 0 radical (unpaired) electrons. The van der Waals surface area contributed by atoms with Crippen LogP contribution in [0.15, 0.2) is 12.4 Å². The second-order valence-corrected chi connectivity index (χ2v) is 4.16. The molecular formula is C11H18N4O. The third-order valence-corrected chi connectivity index (χ3v) is 2.92. The maximum absolute atomic E-state index is 5.08. The van der Waals surface area contributed by atoms with Gasteiger partial charge in [-0.3, -0.25) is 0 Å². The van der Waals surface area contributed by atoms with E-state index < -0.39 is 0 Å². The molecule has 5 heteroatoms. The highest BCUT2D eigenvalue weighted by atomic mass is 16.5. The van der Waals surface area contributed by atoms with Crippen LogP contribution in [-0.4, -0.2) is 43.8 Å². The van der Waals surface area contributed by atoms with Crippen LogP contribution in [0.5, 0.6) is 5.88 Å². The Kier molecular flexibility index (Phi) is 3.56. The summed E-state index contributed by atoms with van der Waals surface area (Å²) in [6.45, 7) is 3.26. The zero-order valence-corrected chi connectivity index (χ0v) is 9.81. The van der Waals surface area contributed by atoms with Gasteiger partial charge in [0.15, 0.2) is 0 Å². The van der Waals surface area contributed by atoms with Crippen molar-refractivity contribution in [3.05, 3.63) is 12.4 Å². The molecule has 88 valence electrons. The fourth-order valence-corrected chi connectivity index (χ4v) is 2.00. The van der Waals surface area contributed by atoms with Crippen molar-refractivity contribution in [1.29, 1.82) is 0 Å². The first kappa shape index (κ1) is 11.1. The van der Waals surface area contributed by atoms with Gasteiger partial charge >= 0.3 is 0 Å². The summed E-state index contributed by atoms with van der Waals surface area (Å²) in [5.41, 5.74) is 0. The van der Waals surface area contributed by atoms with Gasteiger partial charge in [-0.15, -0.1) is 0 Å². The zero-order chi connectivity index (χ0) is 11.4. The SMILES string of the molecule is COc1cc(N(C)CC2CCNC2)ncn1. The molecule has 0 amide bonds. The summed E-state index contributed by atoms with van der Waals surface area (Å²) in [5, 5.41) is 3.37. The molecule has 1 unspecified atom stereocenters. The number of nitrogens with one attached hydrogen (secondary N) is 1. The molecule has 0 spiro atoms. The third-order valence-electron chi connectivity index (χ3n) is 2.92. The summed E-state index contributed by atoms with van der Waals surface area (Å²) in [6, 6.07) is 1.86. The van der Waals surface area contributed by atoms with E-state index in [9.17, 15) is 0 Å². The molecule has 1 aliphatic rings. The molecule has 1 aliphatic heterocycles. The van der Waals surface area contributed by atoms with E-state index in [0.29, 0.717) is 11.8 Å². The molecule has 0 aliphatic carbocycles. The lowest BCUT2D eigenvalue weighted by molar-refractivity contribution is 0.396. The van der Waals surface area contributed by atoms with Gasteiger partial charge in [0, 0.05) is 19.7 Å². The van der Waals surface area contributed by atoms with E-state index >= 15 is 0 Å². The van der Waals surface area contributed by atoms with Crippen LogP contribution in [0.25, 0.3) is 0 Å². The molecule has 0 bridgehead atoms. The monoisotopic (exact) mass is 222 g/mol. The fourth-order valence-electron chi connectivity index (χ4n) is 2.00. The van der Waals surface area contributed by atoms with Crippen molar-refractivity contribution in [3.8, 4) is 5.88 Å². The maximum atomic E-state index is 5.08. The number of aromatic nitrogens is 2. The molecule has 16 heavy (non-hydrogen) atoms. The van der Waals surface area contributed by atoms with Crippen LogP contribution in [0.2, 0.25) is 0 Å². The molecule has 5 nitrogen and oxygen atoms in total. The fraction of sp³-hybridized carbons (Fsp3) is 0.636. The summed E-state index contributed by atoms with van der Waals surface area (Å²) in [4.78, 5) is 10.4. The molecule has 0 aromatic carbocycles. The predicted octanol–water partition coefficient (Wildman–Crippen LogP) is 0.531. The van der Waals surface area contributed by atoms with Gasteiger partial charge in [-0.05, 0) is 25.4 Å². The Bertz CT molecular complexity index is 339. The summed E-state index contributed by atoms with van der Waals surface area (Å²) < 4.78 is 5.08. The van der Waals surface area contributed by atoms with E-state index in [2.05, 4.69) is 27.2 Å². The highest BCUT2D eigenvalue weighted by Crippen LogP contribution is 2.17. The Labute approximate surface area is 95.8 Å². The van der Waals surface area contributed by atoms with Crippen molar-refractivity contribution < 1.29 is 4.74 Å². The van der Waals surface area contributed by atoms with Crippen LogP contribution in [0.3, 0.4) is 0 Å². The van der Waals surface area contributed by atoms with Crippen LogP contribution in [0.1, 0.15) is 6.42 Å². The van der Waals surface area contributed by atoms with E-state index in [0.717, 1.165) is 25.5 Å². The van der Waals surface area contributed by atoms with Crippen LogP contribution in [0.4, 0.5) is 5.82 Å². The number of rotatable bonds is 4. The number of nitrogens with zero attached hydrogens (tertiary/aromatic N) is 3. The van der Waals surface area contributed by atoms with E-state index in [4.69, 9.17) is 4.74 Å². The number of hydrogen-bond acceptors (Lipinski definition) is 5. The minimum atomic E-state index is 0.612. The van der Waals surface area contributed by atoms with Crippen LogP contribution in [-0.2, 0) is 0 Å². The summed E-state index contributed by atoms with van der Waals surface area (Å²) in [7, 11) is 3.67. The largest absolute Gasteiger partial charge is 0.481 e. The quantitative estimate of drug-likeness (QED) is 0.805. The van der Waals surface area contributed by atoms with Gasteiger partial charge < -0.3 is 15.0 Å². The highest BCUT2D eigenvalue weighted by Gasteiger charge is 2.17. The van der Waals surface area contributed by atoms with Gasteiger partial charge in [0.2, 0.25) is 5.88 Å². The Morgan fingerprint density at radius 3 is 3.12 bits per heavy atom. The van der Waals surface area contributed by atoms with E-state index in [1.807, 2.05) is 6.07 Å². The first-order valence-corrected chi connectivity index (χ1v) is 5.57. The van der Waals surface area contributed by atoms with E-state index in [1.165, 1.54) is 12.7 Å². The summed E-state index contributed by atoms with van der Waals surface area (Å²) in [5.74, 6) is 2.24. The lowest BCUT2D eigenvalue weighted by Crippen LogP contribution is -2.27. The van der Waals surface area contributed by atoms with Gasteiger partial charge in [0.05, 0.1) is 7.11 Å². The smallest absolute Gasteiger partial charge is 0.218 e. The molecule has 1 atom stereocenters. The maximum Gasteiger partial charge on any atom is 0.218 e. The van der Waals surface area contributed by atoms with Gasteiger partial charge in [0.25, 0.3) is 0 Å². The van der Waals surface area contributed by atoms with Crippen molar-refractivity contribution in [2.24, 2.45) is 5.92 Å². The lowest BCUT2D eigenvalue weighted by Gasteiger charge is -2.21. The Morgan fingerprint density at radius 2 is 2.44 bits per heavy atom. The van der Waals surface area contributed by atoms with Gasteiger partial charge in [-0.2, -0.15) is 0 Å². The van der Waals surface area contributed by atoms with Crippen molar-refractivity contribution in [1.82, 2.24) is 15.3 Å². The van der Waals surface area contributed by atoms with Gasteiger partial charge in [-0.1, -0.05) is 0 Å². The molecule has 1 aromatic rings. The molecule has 0 saturated carbocycles. The van der Waals surface area contributed by atoms with Crippen LogP contribution >= 0.6 is 0 Å². The normalized spacial score (nSPS) is 19.8. The second kappa shape index (κ2) is 5.12. The van der Waals surface area contributed by atoms with Crippen LogP contribution in [0, 0.1) is 5.92 Å². The standard InChI is InChI=1S/C11H18N4O/c1-15(7-9-3-4-12-6-9)10-5-11(16-2)14-8-13-10/h5,8-9,12H,3-4,6-7H2,1-2H3. The number of anilines is 1. The number of methoxy groups -OCH3 is 1. The highest BCUT2D eigenvalue weighted by molar-refractivity contribution is 5.39.